The first kappa shape index (κ1) is 15.7. The number of carboxylic acids is 1. The van der Waals surface area contributed by atoms with E-state index in [0.717, 1.165) is 6.08 Å². The number of carboxylic acid groups (broad SMARTS) is 1. The van der Waals surface area contributed by atoms with Crippen LogP contribution in [0.3, 0.4) is 0 Å². The molecule has 0 heterocycles. The molecule has 1 aliphatic rings. The average Bonchev–Trinajstić information content (AvgIpc) is 2.21. The van der Waals surface area contributed by atoms with Crippen molar-refractivity contribution in [3.8, 4) is 0 Å². The number of hydrogen-bond acceptors (Lipinski definition) is 3. The van der Waals surface area contributed by atoms with Crippen LogP contribution in [0.5, 0.6) is 0 Å². The highest BCUT2D eigenvalue weighted by atomic mass is 16.4. The number of rotatable bonds is 3. The normalized spacial score (nSPS) is 31.4. The lowest BCUT2D eigenvalue weighted by Crippen LogP contribution is -2.48. The highest BCUT2D eigenvalue weighted by molar-refractivity contribution is 5.81. The van der Waals surface area contributed by atoms with Gasteiger partial charge >= 0.3 is 5.97 Å². The van der Waals surface area contributed by atoms with Gasteiger partial charge in [0.15, 0.2) is 0 Å². The van der Waals surface area contributed by atoms with Crippen LogP contribution in [-0.4, -0.2) is 33.0 Å². The molecule has 2 atom stereocenters. The number of carbonyl (C=O) groups is 1. The van der Waals surface area contributed by atoms with Crippen molar-refractivity contribution in [2.24, 2.45) is 5.41 Å². The van der Waals surface area contributed by atoms with Gasteiger partial charge in [-0.3, -0.25) is 0 Å². The first-order chi connectivity index (χ1) is 8.58. The van der Waals surface area contributed by atoms with Crippen LogP contribution in [0.2, 0.25) is 0 Å². The van der Waals surface area contributed by atoms with Gasteiger partial charge in [0, 0.05) is 11.5 Å². The largest absolute Gasteiger partial charge is 0.478 e. The molecule has 0 fully saturated rings. The Hall–Kier alpha value is -1.39. The molecule has 3 N–H and O–H groups in total. The summed E-state index contributed by atoms with van der Waals surface area (Å²) in [6.45, 7) is 7.20. The molecule has 0 aliphatic heterocycles. The molecule has 4 nitrogen and oxygen atoms in total. The van der Waals surface area contributed by atoms with E-state index in [0.29, 0.717) is 17.6 Å². The summed E-state index contributed by atoms with van der Waals surface area (Å²) in [7, 11) is 0. The fraction of sp³-hybridized carbons (Fsp3) is 0.533. The van der Waals surface area contributed by atoms with E-state index < -0.39 is 23.1 Å². The summed E-state index contributed by atoms with van der Waals surface area (Å²) in [5, 5.41) is 29.2. The van der Waals surface area contributed by atoms with E-state index in [4.69, 9.17) is 5.11 Å². The summed E-state index contributed by atoms with van der Waals surface area (Å²) >= 11 is 0. The van der Waals surface area contributed by atoms with E-state index in [2.05, 4.69) is 0 Å². The molecule has 106 valence electrons. The Morgan fingerprint density at radius 3 is 2.53 bits per heavy atom. The lowest BCUT2D eigenvalue weighted by Gasteiger charge is -2.46. The van der Waals surface area contributed by atoms with Crippen LogP contribution in [0.15, 0.2) is 35.5 Å². The van der Waals surface area contributed by atoms with Gasteiger partial charge in [0.2, 0.25) is 0 Å². The third kappa shape index (κ3) is 3.33. The quantitative estimate of drug-likeness (QED) is 0.415. The first-order valence-corrected chi connectivity index (χ1v) is 6.28. The number of aliphatic hydroxyl groups excluding tert-OH is 1. The van der Waals surface area contributed by atoms with Crippen LogP contribution in [0.1, 0.15) is 34.1 Å². The van der Waals surface area contributed by atoms with Crippen molar-refractivity contribution in [1.29, 1.82) is 0 Å². The van der Waals surface area contributed by atoms with Crippen LogP contribution in [-0.2, 0) is 4.79 Å². The van der Waals surface area contributed by atoms with Crippen molar-refractivity contribution >= 4 is 5.97 Å². The Bertz CT molecular complexity index is 457. The summed E-state index contributed by atoms with van der Waals surface area (Å²) in [4.78, 5) is 10.6. The average molecular weight is 266 g/mol. The maximum absolute atomic E-state index is 10.8. The topological polar surface area (TPSA) is 77.8 Å². The zero-order chi connectivity index (χ0) is 14.8. The molecular weight excluding hydrogens is 244 g/mol. The Kier molecular flexibility index (Phi) is 4.38. The van der Waals surface area contributed by atoms with Gasteiger partial charge in [-0.1, -0.05) is 26.0 Å². The standard InChI is InChI=1S/C15H22O4/c1-10(7-13(17)18)5-6-15(19)11(2)8-12(16)9-14(15,3)4/h5-8,12,16,19H,9H2,1-4H3,(H,17,18)/b6-5+,10-7-/t12-,15-/m1/s1. The zero-order valence-corrected chi connectivity index (χ0v) is 11.8. The lowest BCUT2D eigenvalue weighted by molar-refractivity contribution is -0.131. The molecule has 0 aromatic rings. The van der Waals surface area contributed by atoms with Crippen LogP contribution in [0.4, 0.5) is 0 Å². The fourth-order valence-corrected chi connectivity index (χ4v) is 2.54. The van der Waals surface area contributed by atoms with E-state index >= 15 is 0 Å². The molecular formula is C15H22O4. The SMILES string of the molecule is CC1=C[C@@H](O)CC(C)(C)[C@@]1(O)/C=C/C(C)=C\C(=O)O. The van der Waals surface area contributed by atoms with Crippen LogP contribution >= 0.6 is 0 Å². The monoisotopic (exact) mass is 266 g/mol. The maximum atomic E-state index is 10.8. The second kappa shape index (κ2) is 5.31. The van der Waals surface area contributed by atoms with Crippen molar-refractivity contribution in [3.63, 3.8) is 0 Å². The van der Waals surface area contributed by atoms with Crippen molar-refractivity contribution in [2.45, 2.75) is 45.8 Å². The minimum atomic E-state index is -1.18. The zero-order valence-electron chi connectivity index (χ0n) is 11.8. The molecule has 0 spiro atoms. The highest BCUT2D eigenvalue weighted by Gasteiger charge is 2.46. The Balaban J connectivity index is 3.12. The van der Waals surface area contributed by atoms with Gasteiger partial charge < -0.3 is 15.3 Å². The summed E-state index contributed by atoms with van der Waals surface area (Å²) < 4.78 is 0. The second-order valence-electron chi connectivity index (χ2n) is 5.83. The van der Waals surface area contributed by atoms with Gasteiger partial charge in [0.25, 0.3) is 0 Å². The van der Waals surface area contributed by atoms with Gasteiger partial charge in [0.05, 0.1) is 6.10 Å². The van der Waals surface area contributed by atoms with Crippen molar-refractivity contribution in [1.82, 2.24) is 0 Å². The highest BCUT2D eigenvalue weighted by Crippen LogP contribution is 2.45. The number of hydrogen-bond donors (Lipinski definition) is 3. The predicted octanol–water partition coefficient (Wildman–Crippen LogP) is 2.04. The van der Waals surface area contributed by atoms with Crippen LogP contribution < -0.4 is 0 Å². The van der Waals surface area contributed by atoms with Crippen LogP contribution in [0, 0.1) is 5.41 Å². The number of aliphatic hydroxyl groups is 2. The van der Waals surface area contributed by atoms with Crippen molar-refractivity contribution < 1.29 is 20.1 Å². The van der Waals surface area contributed by atoms with E-state index in [1.54, 1.807) is 32.1 Å². The fourth-order valence-electron chi connectivity index (χ4n) is 2.54. The molecule has 0 radical (unpaired) electrons. The van der Waals surface area contributed by atoms with Gasteiger partial charge in [-0.05, 0) is 37.5 Å². The van der Waals surface area contributed by atoms with Crippen molar-refractivity contribution in [2.75, 3.05) is 0 Å². The first-order valence-electron chi connectivity index (χ1n) is 6.28. The van der Waals surface area contributed by atoms with E-state index in [-0.39, 0.29) is 0 Å². The summed E-state index contributed by atoms with van der Waals surface area (Å²) in [6, 6.07) is 0. The predicted molar refractivity (Wildman–Crippen MR) is 73.6 cm³/mol. The summed E-state index contributed by atoms with van der Waals surface area (Å²) in [6.07, 6.45) is 5.84. The molecule has 0 aromatic heterocycles. The Morgan fingerprint density at radius 2 is 2.05 bits per heavy atom. The second-order valence-corrected chi connectivity index (χ2v) is 5.83. The molecule has 0 amide bonds. The molecule has 1 rings (SSSR count). The number of allylic oxidation sites excluding steroid dienone is 2. The molecule has 4 heteroatoms. The Morgan fingerprint density at radius 1 is 1.47 bits per heavy atom. The third-order valence-electron chi connectivity index (χ3n) is 3.73. The maximum Gasteiger partial charge on any atom is 0.328 e. The Labute approximate surface area is 113 Å². The third-order valence-corrected chi connectivity index (χ3v) is 3.73. The molecule has 19 heavy (non-hydrogen) atoms. The summed E-state index contributed by atoms with van der Waals surface area (Å²) in [5.41, 5.74) is -0.475. The van der Waals surface area contributed by atoms with E-state index in [1.165, 1.54) is 0 Å². The van der Waals surface area contributed by atoms with Gasteiger partial charge in [-0.2, -0.15) is 0 Å². The minimum Gasteiger partial charge on any atom is -0.478 e. The van der Waals surface area contributed by atoms with E-state index in [1.807, 2.05) is 13.8 Å². The molecule has 0 saturated heterocycles. The molecule has 0 aromatic carbocycles. The molecule has 0 unspecified atom stereocenters. The van der Waals surface area contributed by atoms with Gasteiger partial charge in [-0.25, -0.2) is 4.79 Å². The van der Waals surface area contributed by atoms with Gasteiger partial charge in [-0.15, -0.1) is 0 Å². The smallest absolute Gasteiger partial charge is 0.328 e. The summed E-state index contributed by atoms with van der Waals surface area (Å²) in [5.74, 6) is -1.01. The molecule has 0 bridgehead atoms. The van der Waals surface area contributed by atoms with Crippen molar-refractivity contribution in [3.05, 3.63) is 35.5 Å². The van der Waals surface area contributed by atoms with Crippen LogP contribution in [0.25, 0.3) is 0 Å². The minimum absolute atomic E-state index is 0.451. The van der Waals surface area contributed by atoms with Gasteiger partial charge in [0.1, 0.15) is 5.60 Å². The molecule has 1 aliphatic carbocycles. The molecule has 0 saturated carbocycles. The lowest BCUT2D eigenvalue weighted by atomic mass is 9.64. The van der Waals surface area contributed by atoms with E-state index in [9.17, 15) is 15.0 Å². The number of aliphatic carboxylic acids is 1.